The number of ether oxygens (including phenoxy) is 1. The zero-order valence-corrected chi connectivity index (χ0v) is 24.5. The molecule has 2 heterocycles. The topological polar surface area (TPSA) is 101 Å². The van der Waals surface area contributed by atoms with E-state index in [9.17, 15) is 0 Å². The number of guanidine groups is 1. The van der Waals surface area contributed by atoms with Crippen LogP contribution in [0.2, 0.25) is 0 Å². The molecule has 4 aromatic rings. The van der Waals surface area contributed by atoms with Gasteiger partial charge in [-0.25, -0.2) is 0 Å². The first-order valence-corrected chi connectivity index (χ1v) is 13.9. The molecular weight excluding hydrogens is 522 g/mol. The number of nitrogens with two attached hydrogens (primary N) is 1. The van der Waals surface area contributed by atoms with Crippen molar-refractivity contribution in [1.29, 1.82) is 5.41 Å². The van der Waals surface area contributed by atoms with Gasteiger partial charge in [-0.15, -0.1) is 12.4 Å². The largest absolute Gasteiger partial charge is 0.489 e. The number of fused-ring (bicyclic) bond motifs is 2. The number of nitrogens with zero attached hydrogens (tertiary/aromatic N) is 3. The number of aromatic nitrogens is 2. The molecule has 40 heavy (non-hydrogen) atoms. The van der Waals surface area contributed by atoms with Gasteiger partial charge in [0.25, 0.3) is 0 Å². The summed E-state index contributed by atoms with van der Waals surface area (Å²) >= 11 is 0. The van der Waals surface area contributed by atoms with E-state index in [1.807, 2.05) is 17.0 Å². The van der Waals surface area contributed by atoms with Crippen LogP contribution in [0.3, 0.4) is 0 Å². The summed E-state index contributed by atoms with van der Waals surface area (Å²) in [7, 11) is 0. The molecule has 1 saturated heterocycles. The Labute approximate surface area is 242 Å². The smallest absolute Gasteiger partial charge is 0.249 e. The average molecular weight is 560 g/mol. The van der Waals surface area contributed by atoms with E-state index in [0.29, 0.717) is 18.3 Å². The minimum absolute atomic E-state index is 0. The second kappa shape index (κ2) is 10.4. The number of hydrogen-bond acceptors (Lipinski definition) is 5. The highest BCUT2D eigenvalue weighted by molar-refractivity contribution is 5.87. The van der Waals surface area contributed by atoms with E-state index in [-0.39, 0.29) is 35.2 Å². The van der Waals surface area contributed by atoms with E-state index < -0.39 is 0 Å². The van der Waals surface area contributed by atoms with E-state index >= 15 is 0 Å². The lowest BCUT2D eigenvalue weighted by Gasteiger charge is -2.42. The molecule has 8 heteroatoms. The average Bonchev–Trinajstić information content (AvgIpc) is 3.60. The van der Waals surface area contributed by atoms with E-state index in [0.717, 1.165) is 41.5 Å². The lowest BCUT2D eigenvalue weighted by molar-refractivity contribution is 0.283. The van der Waals surface area contributed by atoms with Crippen LogP contribution in [0.15, 0.2) is 59.1 Å². The summed E-state index contributed by atoms with van der Waals surface area (Å²) in [4.78, 5) is 6.45. The third kappa shape index (κ3) is 5.15. The van der Waals surface area contributed by atoms with E-state index in [2.05, 4.69) is 80.3 Å². The van der Waals surface area contributed by atoms with Crippen molar-refractivity contribution in [2.75, 3.05) is 6.54 Å². The molecule has 0 unspecified atom stereocenters. The van der Waals surface area contributed by atoms with Crippen molar-refractivity contribution < 1.29 is 9.26 Å². The van der Waals surface area contributed by atoms with Gasteiger partial charge < -0.3 is 19.9 Å². The number of hydrogen-bond donors (Lipinski definition) is 2. The molecule has 6 rings (SSSR count). The number of rotatable bonds is 5. The first kappa shape index (κ1) is 28.0. The Kier molecular flexibility index (Phi) is 7.29. The van der Waals surface area contributed by atoms with Gasteiger partial charge in [0, 0.05) is 12.1 Å². The van der Waals surface area contributed by atoms with Gasteiger partial charge in [-0.3, -0.25) is 5.41 Å². The molecule has 1 aliphatic heterocycles. The third-order valence-electron chi connectivity index (χ3n) is 8.68. The first-order chi connectivity index (χ1) is 18.6. The summed E-state index contributed by atoms with van der Waals surface area (Å²) in [5.74, 6) is 1.94. The zero-order chi connectivity index (χ0) is 27.4. The number of nitrogens with one attached hydrogen (secondary N) is 1. The van der Waals surface area contributed by atoms with Crippen LogP contribution in [-0.4, -0.2) is 27.5 Å². The van der Waals surface area contributed by atoms with Crippen molar-refractivity contribution in [3.05, 3.63) is 77.2 Å². The quantitative estimate of drug-likeness (QED) is 0.197. The molecule has 210 valence electrons. The summed E-state index contributed by atoms with van der Waals surface area (Å²) in [5, 5.41) is 14.2. The highest BCUT2D eigenvalue weighted by Gasteiger charge is 2.37. The van der Waals surface area contributed by atoms with Crippen LogP contribution in [0, 0.1) is 5.41 Å². The molecular formula is C32H38ClN5O2. The van der Waals surface area contributed by atoms with Crippen LogP contribution in [0.25, 0.3) is 22.2 Å². The lowest BCUT2D eigenvalue weighted by Crippen LogP contribution is -2.35. The molecule has 1 aromatic heterocycles. The van der Waals surface area contributed by atoms with E-state index in [1.165, 1.54) is 29.5 Å². The van der Waals surface area contributed by atoms with Gasteiger partial charge in [-0.1, -0.05) is 69.2 Å². The van der Waals surface area contributed by atoms with Gasteiger partial charge in [-0.05, 0) is 82.2 Å². The standard InChI is InChI=1S/C32H37N5O2.ClH/c1-31(2)13-14-32(3,4)26-16-20(7-12-25(26)31)19-38-24-11-10-21-17-23(9-8-22(21)18-24)28-35-29(39-36-28)27-6-5-15-37(27)30(33)34;/h7-12,16-18,27H,5-6,13-15,19H2,1-4H3,(H3,33,34);1H/t27-;/m0./s1. The number of likely N-dealkylation sites (tertiary alicyclic amines) is 1. The molecule has 7 nitrogen and oxygen atoms in total. The fourth-order valence-corrected chi connectivity index (χ4v) is 6.14. The summed E-state index contributed by atoms with van der Waals surface area (Å²) in [5.41, 5.74) is 11.1. The number of halogens is 1. The van der Waals surface area contributed by atoms with Gasteiger partial charge >= 0.3 is 0 Å². The van der Waals surface area contributed by atoms with E-state index in [4.69, 9.17) is 20.4 Å². The Morgan fingerprint density at radius 2 is 1.73 bits per heavy atom. The van der Waals surface area contributed by atoms with Crippen molar-refractivity contribution >= 4 is 29.1 Å². The maximum Gasteiger partial charge on any atom is 0.249 e. The third-order valence-corrected chi connectivity index (χ3v) is 8.68. The van der Waals surface area contributed by atoms with Gasteiger partial charge in [0.15, 0.2) is 5.96 Å². The van der Waals surface area contributed by atoms with Gasteiger partial charge in [-0.2, -0.15) is 4.98 Å². The van der Waals surface area contributed by atoms with Crippen LogP contribution < -0.4 is 10.5 Å². The van der Waals surface area contributed by atoms with Crippen molar-refractivity contribution in [2.24, 2.45) is 5.73 Å². The maximum atomic E-state index is 7.80. The summed E-state index contributed by atoms with van der Waals surface area (Å²) in [6, 6.07) is 19.1. The van der Waals surface area contributed by atoms with Crippen LogP contribution in [0.5, 0.6) is 5.75 Å². The molecule has 3 N–H and O–H groups in total. The molecule has 0 saturated carbocycles. The fraction of sp³-hybridized carbons (Fsp3) is 0.406. The fourth-order valence-electron chi connectivity index (χ4n) is 6.14. The van der Waals surface area contributed by atoms with Crippen LogP contribution >= 0.6 is 12.4 Å². The first-order valence-electron chi connectivity index (χ1n) is 13.9. The van der Waals surface area contributed by atoms with Gasteiger partial charge in [0.05, 0.1) is 0 Å². The van der Waals surface area contributed by atoms with Crippen molar-refractivity contribution in [1.82, 2.24) is 15.0 Å². The monoisotopic (exact) mass is 559 g/mol. The highest BCUT2D eigenvalue weighted by atomic mass is 35.5. The number of benzene rings is 3. The van der Waals surface area contributed by atoms with Crippen molar-refractivity contribution in [2.45, 2.75) is 76.9 Å². The predicted molar refractivity (Wildman–Crippen MR) is 161 cm³/mol. The van der Waals surface area contributed by atoms with Crippen LogP contribution in [0.4, 0.5) is 0 Å². The summed E-state index contributed by atoms with van der Waals surface area (Å²) in [6.45, 7) is 10.7. The Bertz CT molecular complexity index is 1560. The predicted octanol–water partition coefficient (Wildman–Crippen LogP) is 7.27. The normalized spacial score (nSPS) is 19.2. The Morgan fingerprint density at radius 3 is 2.50 bits per heavy atom. The maximum absolute atomic E-state index is 7.80. The molecule has 1 fully saturated rings. The minimum Gasteiger partial charge on any atom is -0.489 e. The van der Waals surface area contributed by atoms with E-state index in [1.54, 1.807) is 0 Å². The Morgan fingerprint density at radius 1 is 1.00 bits per heavy atom. The SMILES string of the molecule is CC1(C)CCC(C)(C)c2cc(COc3ccc4cc(-c5noc([C@@H]6CCCN6C(=N)N)n5)ccc4c3)ccc21.Cl. The van der Waals surface area contributed by atoms with Gasteiger partial charge in [0.2, 0.25) is 11.7 Å². The minimum atomic E-state index is -0.128. The second-order valence-corrected chi connectivity index (χ2v) is 12.4. The van der Waals surface area contributed by atoms with Gasteiger partial charge in [0.1, 0.15) is 18.4 Å². The molecule has 1 aliphatic carbocycles. The molecule has 3 aromatic carbocycles. The molecule has 0 bridgehead atoms. The van der Waals surface area contributed by atoms with Crippen molar-refractivity contribution in [3.8, 4) is 17.1 Å². The lowest BCUT2D eigenvalue weighted by atomic mass is 9.63. The zero-order valence-electron chi connectivity index (χ0n) is 23.7. The molecule has 0 spiro atoms. The van der Waals surface area contributed by atoms with Crippen molar-refractivity contribution in [3.63, 3.8) is 0 Å². The van der Waals surface area contributed by atoms with Crippen LogP contribution in [-0.2, 0) is 17.4 Å². The molecule has 2 aliphatic rings. The Balaban J connectivity index is 0.00000323. The van der Waals surface area contributed by atoms with Crippen LogP contribution in [0.1, 0.15) is 82.0 Å². The highest BCUT2D eigenvalue weighted by Crippen LogP contribution is 2.46. The summed E-state index contributed by atoms with van der Waals surface area (Å²) < 4.78 is 11.8. The summed E-state index contributed by atoms with van der Waals surface area (Å²) in [6.07, 6.45) is 4.22. The Hall–Kier alpha value is -3.58. The molecule has 0 amide bonds. The molecule has 0 radical (unpaired) electrons. The second-order valence-electron chi connectivity index (χ2n) is 12.4. The molecule has 1 atom stereocenters.